The van der Waals surface area contributed by atoms with Crippen LogP contribution >= 0.6 is 22.7 Å². The van der Waals surface area contributed by atoms with E-state index in [0.717, 1.165) is 10.7 Å². The number of hydrogen-bond acceptors (Lipinski definition) is 6. The van der Waals surface area contributed by atoms with Crippen molar-refractivity contribution >= 4 is 34.7 Å². The van der Waals surface area contributed by atoms with Gasteiger partial charge in [-0.15, -0.1) is 22.7 Å². The van der Waals surface area contributed by atoms with Crippen molar-refractivity contribution in [2.45, 2.75) is 26.4 Å². The van der Waals surface area contributed by atoms with Gasteiger partial charge in [-0.05, 0) is 13.8 Å². The zero-order valence-corrected chi connectivity index (χ0v) is 13.0. The van der Waals surface area contributed by atoms with Crippen LogP contribution in [0.1, 0.15) is 39.2 Å². The molecule has 0 saturated heterocycles. The maximum atomic E-state index is 11.8. The molecule has 0 radical (unpaired) electrons. The molecule has 9 heteroatoms. The molecular formula is C12H14N4O3S2. The van der Waals surface area contributed by atoms with Crippen molar-refractivity contribution < 1.29 is 14.7 Å². The second kappa shape index (κ2) is 6.64. The van der Waals surface area contributed by atoms with Crippen molar-refractivity contribution in [2.75, 3.05) is 0 Å². The lowest BCUT2D eigenvalue weighted by atomic mass is 10.3. The fourth-order valence-electron chi connectivity index (χ4n) is 1.53. The minimum atomic E-state index is -1.07. The number of carbonyl (C=O) groups excluding carboxylic acids is 1. The molecule has 1 unspecified atom stereocenters. The molecule has 21 heavy (non-hydrogen) atoms. The first kappa shape index (κ1) is 15.4. The Morgan fingerprint density at radius 3 is 2.67 bits per heavy atom. The molecule has 2 amide bonds. The van der Waals surface area contributed by atoms with Gasteiger partial charge >= 0.3 is 12.0 Å². The Morgan fingerprint density at radius 1 is 1.33 bits per heavy atom. The van der Waals surface area contributed by atoms with E-state index in [9.17, 15) is 9.59 Å². The monoisotopic (exact) mass is 326 g/mol. The maximum Gasteiger partial charge on any atom is 0.355 e. The third kappa shape index (κ3) is 4.23. The third-order valence-corrected chi connectivity index (χ3v) is 4.52. The Hall–Kier alpha value is -2.00. The van der Waals surface area contributed by atoms with Gasteiger partial charge in [-0.3, -0.25) is 0 Å². The van der Waals surface area contributed by atoms with Crippen molar-refractivity contribution in [3.05, 3.63) is 32.2 Å². The topological polar surface area (TPSA) is 104 Å². The summed E-state index contributed by atoms with van der Waals surface area (Å²) in [6.07, 6.45) is 0. The summed E-state index contributed by atoms with van der Waals surface area (Å²) in [7, 11) is 0. The molecule has 2 aromatic rings. The standard InChI is InChI=1S/C12H14N4O3S2/c1-6-4-21-10(14-6)7(2)15-12(19)13-3-9-16-8(5-20-9)11(17)18/h4-5,7H,3H2,1-2H3,(H,17,18)(H2,13,15,19). The lowest BCUT2D eigenvalue weighted by Gasteiger charge is -2.11. The van der Waals surface area contributed by atoms with Crippen LogP contribution < -0.4 is 10.6 Å². The van der Waals surface area contributed by atoms with Crippen LogP contribution in [0.4, 0.5) is 4.79 Å². The quantitative estimate of drug-likeness (QED) is 0.781. The molecular weight excluding hydrogens is 312 g/mol. The lowest BCUT2D eigenvalue weighted by Crippen LogP contribution is -2.36. The Morgan fingerprint density at radius 2 is 2.10 bits per heavy atom. The van der Waals surface area contributed by atoms with E-state index in [2.05, 4.69) is 20.6 Å². The molecule has 3 N–H and O–H groups in total. The summed E-state index contributed by atoms with van der Waals surface area (Å²) >= 11 is 2.69. The van der Waals surface area contributed by atoms with E-state index in [4.69, 9.17) is 5.11 Å². The summed E-state index contributed by atoms with van der Waals surface area (Å²) in [6.45, 7) is 3.94. The second-order valence-corrected chi connectivity index (χ2v) is 6.14. The van der Waals surface area contributed by atoms with E-state index in [1.54, 1.807) is 0 Å². The van der Waals surface area contributed by atoms with E-state index in [0.29, 0.717) is 5.01 Å². The molecule has 0 aromatic carbocycles. The van der Waals surface area contributed by atoms with Gasteiger partial charge in [0.2, 0.25) is 0 Å². The number of thiazole rings is 2. The summed E-state index contributed by atoms with van der Waals surface area (Å²) in [5.74, 6) is -1.07. The van der Waals surface area contributed by atoms with Gasteiger partial charge in [0.15, 0.2) is 5.69 Å². The van der Waals surface area contributed by atoms with Crippen LogP contribution in [0.3, 0.4) is 0 Å². The van der Waals surface area contributed by atoms with Crippen LogP contribution in [0, 0.1) is 6.92 Å². The van der Waals surface area contributed by atoms with Crippen LogP contribution in [0.2, 0.25) is 0 Å². The molecule has 1 atom stereocenters. The highest BCUT2D eigenvalue weighted by Gasteiger charge is 2.13. The van der Waals surface area contributed by atoms with Crippen LogP contribution in [-0.2, 0) is 6.54 Å². The fraction of sp³-hybridized carbons (Fsp3) is 0.333. The van der Waals surface area contributed by atoms with Crippen molar-refractivity contribution in [3.63, 3.8) is 0 Å². The number of aromatic carboxylic acids is 1. The number of nitrogens with one attached hydrogen (secondary N) is 2. The molecule has 0 aliphatic heterocycles. The number of hydrogen-bond donors (Lipinski definition) is 3. The summed E-state index contributed by atoms with van der Waals surface area (Å²) in [4.78, 5) is 30.7. The molecule has 112 valence electrons. The zero-order chi connectivity index (χ0) is 15.4. The first-order chi connectivity index (χ1) is 9.95. The van der Waals surface area contributed by atoms with Crippen molar-refractivity contribution in [1.82, 2.24) is 20.6 Å². The molecule has 7 nitrogen and oxygen atoms in total. The number of aryl methyl sites for hydroxylation is 1. The number of urea groups is 1. The van der Waals surface area contributed by atoms with Gasteiger partial charge in [-0.25, -0.2) is 19.6 Å². The molecule has 0 aliphatic carbocycles. The molecule has 2 heterocycles. The smallest absolute Gasteiger partial charge is 0.355 e. The minimum absolute atomic E-state index is 0.0103. The van der Waals surface area contributed by atoms with Gasteiger partial charge in [0.05, 0.1) is 12.6 Å². The normalized spacial score (nSPS) is 11.9. The Labute approximate surface area is 129 Å². The predicted molar refractivity (Wildman–Crippen MR) is 79.7 cm³/mol. The van der Waals surface area contributed by atoms with E-state index >= 15 is 0 Å². The van der Waals surface area contributed by atoms with Crippen LogP contribution in [0.5, 0.6) is 0 Å². The van der Waals surface area contributed by atoms with Gasteiger partial charge in [0.25, 0.3) is 0 Å². The summed E-state index contributed by atoms with van der Waals surface area (Å²) in [5.41, 5.74) is 0.914. The molecule has 0 saturated carbocycles. The van der Waals surface area contributed by atoms with Gasteiger partial charge in [-0.2, -0.15) is 0 Å². The summed E-state index contributed by atoms with van der Waals surface area (Å²) < 4.78 is 0. The number of amides is 2. The maximum absolute atomic E-state index is 11.8. The van der Waals surface area contributed by atoms with E-state index in [1.807, 2.05) is 19.2 Å². The van der Waals surface area contributed by atoms with Crippen LogP contribution in [0.15, 0.2) is 10.8 Å². The van der Waals surface area contributed by atoms with Gasteiger partial charge in [-0.1, -0.05) is 0 Å². The molecule has 0 bridgehead atoms. The number of aromatic nitrogens is 2. The number of carboxylic acids is 1. The van der Waals surface area contributed by atoms with Gasteiger partial charge < -0.3 is 15.7 Å². The van der Waals surface area contributed by atoms with Crippen LogP contribution in [0.25, 0.3) is 0 Å². The zero-order valence-electron chi connectivity index (χ0n) is 11.4. The predicted octanol–water partition coefficient (Wildman–Crippen LogP) is 2.17. The second-order valence-electron chi connectivity index (χ2n) is 4.31. The van der Waals surface area contributed by atoms with E-state index < -0.39 is 5.97 Å². The largest absolute Gasteiger partial charge is 0.476 e. The number of carboxylic acid groups (broad SMARTS) is 1. The van der Waals surface area contributed by atoms with Crippen molar-refractivity contribution in [3.8, 4) is 0 Å². The molecule has 0 fully saturated rings. The Kier molecular flexibility index (Phi) is 4.86. The summed E-state index contributed by atoms with van der Waals surface area (Å²) in [6, 6.07) is -0.531. The molecule has 2 aromatic heterocycles. The van der Waals surface area contributed by atoms with Crippen LogP contribution in [-0.4, -0.2) is 27.1 Å². The molecule has 0 spiro atoms. The van der Waals surface area contributed by atoms with Crippen molar-refractivity contribution in [1.29, 1.82) is 0 Å². The Bertz CT molecular complexity index is 652. The lowest BCUT2D eigenvalue weighted by molar-refractivity contribution is 0.0691. The SMILES string of the molecule is Cc1csc(C(C)NC(=O)NCc2nc(C(=O)O)cs2)n1. The number of carbonyl (C=O) groups is 2. The van der Waals surface area contributed by atoms with E-state index in [1.165, 1.54) is 28.1 Å². The van der Waals surface area contributed by atoms with Gasteiger partial charge in [0.1, 0.15) is 10.0 Å². The van der Waals surface area contributed by atoms with Gasteiger partial charge in [0, 0.05) is 16.5 Å². The summed E-state index contributed by atoms with van der Waals surface area (Å²) in [5, 5.41) is 18.9. The fourth-order valence-corrected chi connectivity index (χ4v) is 3.04. The molecule has 2 rings (SSSR count). The average molecular weight is 326 g/mol. The number of rotatable bonds is 5. The average Bonchev–Trinajstić information content (AvgIpc) is 3.05. The first-order valence-electron chi connectivity index (χ1n) is 6.10. The highest BCUT2D eigenvalue weighted by atomic mass is 32.1. The minimum Gasteiger partial charge on any atom is -0.476 e. The highest BCUT2D eigenvalue weighted by molar-refractivity contribution is 7.10. The van der Waals surface area contributed by atoms with Crippen molar-refractivity contribution in [2.24, 2.45) is 0 Å². The number of nitrogens with zero attached hydrogens (tertiary/aromatic N) is 2. The molecule has 0 aliphatic rings. The van der Waals surface area contributed by atoms with E-state index in [-0.39, 0.29) is 24.3 Å². The Balaban J connectivity index is 1.82. The third-order valence-electron chi connectivity index (χ3n) is 2.53. The highest BCUT2D eigenvalue weighted by Crippen LogP contribution is 2.17. The first-order valence-corrected chi connectivity index (χ1v) is 7.85.